The molecule has 0 unspecified atom stereocenters. The number of halogens is 4. The molecule has 0 bridgehead atoms. The summed E-state index contributed by atoms with van der Waals surface area (Å²) < 4.78 is 51.5. The highest BCUT2D eigenvalue weighted by Crippen LogP contribution is 2.32. The molecule has 0 atom stereocenters. The second-order valence-corrected chi connectivity index (χ2v) is 4.11. The molecule has 0 radical (unpaired) electrons. The molecule has 2 aromatic rings. The molecule has 106 valence electrons. The molecular weight excluding hydrogens is 276 g/mol. The lowest BCUT2D eigenvalue weighted by Gasteiger charge is -2.13. The molecule has 0 spiro atoms. The summed E-state index contributed by atoms with van der Waals surface area (Å²) in [5.41, 5.74) is 2.91. The predicted molar refractivity (Wildman–Crippen MR) is 65.4 cm³/mol. The van der Waals surface area contributed by atoms with Crippen LogP contribution in [0.25, 0.3) is 11.3 Å². The molecule has 0 amide bonds. The minimum absolute atomic E-state index is 0.0421. The monoisotopic (exact) mass is 286 g/mol. The number of rotatable bonds is 2. The van der Waals surface area contributed by atoms with Gasteiger partial charge >= 0.3 is 6.18 Å². The lowest BCUT2D eigenvalue weighted by molar-refractivity contribution is -0.138. The van der Waals surface area contributed by atoms with Crippen molar-refractivity contribution in [1.29, 1.82) is 0 Å². The van der Waals surface area contributed by atoms with Gasteiger partial charge in [-0.1, -0.05) is 0 Å². The van der Waals surface area contributed by atoms with E-state index in [4.69, 9.17) is 5.73 Å². The molecule has 0 saturated carbocycles. The number of aromatic amines is 1. The molecule has 20 heavy (non-hydrogen) atoms. The molecule has 0 fully saturated rings. The summed E-state index contributed by atoms with van der Waals surface area (Å²) in [6, 6.07) is 5.55. The van der Waals surface area contributed by atoms with E-state index in [1.165, 1.54) is 12.1 Å². The Morgan fingerprint density at radius 1 is 1.15 bits per heavy atom. The Balaban J connectivity index is 2.65. The third kappa shape index (κ3) is 2.72. The number of alkyl halides is 3. The molecule has 0 aliphatic rings. The Hall–Kier alpha value is -2.15. The van der Waals surface area contributed by atoms with E-state index < -0.39 is 35.2 Å². The first-order valence-electron chi connectivity index (χ1n) is 5.62. The molecule has 7 heteroatoms. The van der Waals surface area contributed by atoms with Gasteiger partial charge in [0.25, 0.3) is 5.56 Å². The maximum absolute atomic E-state index is 12.9. The number of H-pyrrole nitrogens is 1. The Morgan fingerprint density at radius 3 is 2.25 bits per heavy atom. The summed E-state index contributed by atoms with van der Waals surface area (Å²) in [4.78, 5) is 14.0. The summed E-state index contributed by atoms with van der Waals surface area (Å²) in [7, 11) is 0. The third-order valence-corrected chi connectivity index (χ3v) is 2.80. The van der Waals surface area contributed by atoms with E-state index in [2.05, 4.69) is 4.98 Å². The van der Waals surface area contributed by atoms with Crippen LogP contribution in [-0.2, 0) is 12.7 Å². The second-order valence-electron chi connectivity index (χ2n) is 4.11. The topological polar surface area (TPSA) is 58.9 Å². The lowest BCUT2D eigenvalue weighted by atomic mass is 10.0. The molecule has 2 rings (SSSR count). The number of pyridine rings is 1. The Morgan fingerprint density at radius 2 is 1.75 bits per heavy atom. The normalized spacial score (nSPS) is 11.7. The average molecular weight is 286 g/mol. The van der Waals surface area contributed by atoms with Crippen molar-refractivity contribution in [2.24, 2.45) is 5.73 Å². The Kier molecular flexibility index (Phi) is 3.63. The van der Waals surface area contributed by atoms with Crippen LogP contribution in [0.5, 0.6) is 0 Å². The summed E-state index contributed by atoms with van der Waals surface area (Å²) in [6.07, 6.45) is -4.68. The van der Waals surface area contributed by atoms with Gasteiger partial charge < -0.3 is 10.7 Å². The second kappa shape index (κ2) is 5.09. The highest BCUT2D eigenvalue weighted by atomic mass is 19.4. The zero-order chi connectivity index (χ0) is 14.9. The van der Waals surface area contributed by atoms with Crippen molar-refractivity contribution in [3.8, 4) is 11.3 Å². The number of nitrogens with one attached hydrogen (secondary N) is 1. The summed E-state index contributed by atoms with van der Waals surface area (Å²) in [6.45, 7) is -0.520. The zero-order valence-corrected chi connectivity index (χ0v) is 10.1. The van der Waals surface area contributed by atoms with Crippen LogP contribution >= 0.6 is 0 Å². The van der Waals surface area contributed by atoms with Crippen LogP contribution in [0.3, 0.4) is 0 Å². The van der Waals surface area contributed by atoms with Crippen molar-refractivity contribution in [1.82, 2.24) is 4.98 Å². The van der Waals surface area contributed by atoms with Crippen LogP contribution in [0.1, 0.15) is 11.1 Å². The van der Waals surface area contributed by atoms with Crippen LogP contribution in [0.15, 0.2) is 35.1 Å². The molecule has 0 aliphatic heterocycles. The van der Waals surface area contributed by atoms with E-state index >= 15 is 0 Å². The fourth-order valence-corrected chi connectivity index (χ4v) is 1.83. The van der Waals surface area contributed by atoms with Crippen LogP contribution in [-0.4, -0.2) is 4.98 Å². The van der Waals surface area contributed by atoms with E-state index in [1.807, 2.05) is 0 Å². The fourth-order valence-electron chi connectivity index (χ4n) is 1.83. The molecular formula is C13H10F4N2O. The summed E-state index contributed by atoms with van der Waals surface area (Å²) in [5.74, 6) is -0.522. The largest absolute Gasteiger partial charge is 0.416 e. The number of aromatic nitrogens is 1. The molecule has 1 heterocycles. The first kappa shape index (κ1) is 14.3. The van der Waals surface area contributed by atoms with E-state index in [0.717, 1.165) is 18.2 Å². The summed E-state index contributed by atoms with van der Waals surface area (Å²) >= 11 is 0. The minimum Gasteiger partial charge on any atom is -0.326 e. The number of nitrogens with two attached hydrogens (primary N) is 1. The maximum atomic E-state index is 12.9. The summed E-state index contributed by atoms with van der Waals surface area (Å²) in [5, 5.41) is 0. The van der Waals surface area contributed by atoms with Crippen molar-refractivity contribution in [2.45, 2.75) is 12.7 Å². The highest BCUT2D eigenvalue weighted by Gasteiger charge is 2.34. The highest BCUT2D eigenvalue weighted by molar-refractivity contribution is 5.60. The first-order chi connectivity index (χ1) is 9.32. The quantitative estimate of drug-likeness (QED) is 0.834. The molecule has 0 aliphatic carbocycles. The molecule has 0 saturated heterocycles. The minimum atomic E-state index is -4.68. The Bertz CT molecular complexity index is 674. The van der Waals surface area contributed by atoms with Gasteiger partial charge in [-0.2, -0.15) is 13.2 Å². The van der Waals surface area contributed by atoms with E-state index in [9.17, 15) is 22.4 Å². The van der Waals surface area contributed by atoms with Gasteiger partial charge in [0, 0.05) is 17.8 Å². The van der Waals surface area contributed by atoms with Gasteiger partial charge in [0.05, 0.1) is 5.56 Å². The van der Waals surface area contributed by atoms with Gasteiger partial charge in [0.1, 0.15) is 5.82 Å². The SMILES string of the molecule is NCc1c(C(F)(F)F)cc(-c2ccc(F)cc2)[nH]c1=O. The van der Waals surface area contributed by atoms with Gasteiger partial charge in [0.2, 0.25) is 0 Å². The predicted octanol–water partition coefficient (Wildman–Crippen LogP) is 2.66. The number of hydrogen-bond donors (Lipinski definition) is 2. The van der Waals surface area contributed by atoms with Gasteiger partial charge in [0.15, 0.2) is 0 Å². The molecule has 1 aromatic heterocycles. The molecule has 3 nitrogen and oxygen atoms in total. The van der Waals surface area contributed by atoms with Gasteiger partial charge in [-0.3, -0.25) is 4.79 Å². The van der Waals surface area contributed by atoms with E-state index in [-0.39, 0.29) is 11.3 Å². The fraction of sp³-hybridized carbons (Fsp3) is 0.154. The van der Waals surface area contributed by atoms with Crippen molar-refractivity contribution in [3.63, 3.8) is 0 Å². The number of hydrogen-bond acceptors (Lipinski definition) is 2. The maximum Gasteiger partial charge on any atom is 0.416 e. The molecule has 1 aromatic carbocycles. The van der Waals surface area contributed by atoms with Gasteiger partial charge in [-0.15, -0.1) is 0 Å². The van der Waals surface area contributed by atoms with E-state index in [0.29, 0.717) is 0 Å². The van der Waals surface area contributed by atoms with Crippen LogP contribution in [0.4, 0.5) is 17.6 Å². The van der Waals surface area contributed by atoms with Gasteiger partial charge in [-0.25, -0.2) is 4.39 Å². The van der Waals surface area contributed by atoms with Crippen molar-refractivity contribution in [3.05, 3.63) is 57.6 Å². The number of benzene rings is 1. The van der Waals surface area contributed by atoms with Crippen molar-refractivity contribution >= 4 is 0 Å². The van der Waals surface area contributed by atoms with Gasteiger partial charge in [-0.05, 0) is 35.9 Å². The zero-order valence-electron chi connectivity index (χ0n) is 10.1. The third-order valence-electron chi connectivity index (χ3n) is 2.80. The van der Waals surface area contributed by atoms with Crippen molar-refractivity contribution < 1.29 is 17.6 Å². The Labute approximate surface area is 111 Å². The first-order valence-corrected chi connectivity index (χ1v) is 5.62. The van der Waals surface area contributed by atoms with E-state index in [1.54, 1.807) is 0 Å². The average Bonchev–Trinajstić information content (AvgIpc) is 2.37. The van der Waals surface area contributed by atoms with Crippen molar-refractivity contribution in [2.75, 3.05) is 0 Å². The lowest BCUT2D eigenvalue weighted by Crippen LogP contribution is -2.23. The smallest absolute Gasteiger partial charge is 0.326 e. The van der Waals surface area contributed by atoms with Crippen LogP contribution < -0.4 is 11.3 Å². The standard InChI is InChI=1S/C13H10F4N2O/c14-8-3-1-7(2-4-8)11-5-10(13(15,16)17)9(6-18)12(20)19-11/h1-5H,6,18H2,(H,19,20). The van der Waals surface area contributed by atoms with Crippen LogP contribution in [0.2, 0.25) is 0 Å². The molecule has 3 N–H and O–H groups in total. The van der Waals surface area contributed by atoms with Crippen LogP contribution in [0, 0.1) is 5.82 Å².